The minimum absolute atomic E-state index is 0.0113. The van der Waals surface area contributed by atoms with Gasteiger partial charge in [0.1, 0.15) is 0 Å². The van der Waals surface area contributed by atoms with E-state index < -0.39 is 10.0 Å². The van der Waals surface area contributed by atoms with Crippen molar-refractivity contribution in [1.82, 2.24) is 0 Å². The fourth-order valence-electron chi connectivity index (χ4n) is 2.75. The lowest BCUT2D eigenvalue weighted by Crippen LogP contribution is -2.35. The van der Waals surface area contributed by atoms with Crippen LogP contribution in [0.15, 0.2) is 23.1 Å². The molecule has 21 heavy (non-hydrogen) atoms. The van der Waals surface area contributed by atoms with Gasteiger partial charge >= 0.3 is 0 Å². The Bertz CT molecular complexity index is 647. The minimum atomic E-state index is -3.77. The Labute approximate surface area is 126 Å². The maximum Gasteiger partial charge on any atom is 0.238 e. The van der Waals surface area contributed by atoms with Gasteiger partial charge in [-0.15, -0.1) is 0 Å². The molecular weight excluding hydrogens is 288 g/mol. The molecule has 2 rings (SSSR count). The molecule has 116 valence electrons. The van der Waals surface area contributed by atoms with Crippen LogP contribution in [-0.2, 0) is 14.8 Å². The molecule has 0 aromatic heterocycles. The summed E-state index contributed by atoms with van der Waals surface area (Å²) in [4.78, 5) is 12.5. The van der Waals surface area contributed by atoms with Gasteiger partial charge in [-0.05, 0) is 37.5 Å². The summed E-state index contributed by atoms with van der Waals surface area (Å²) < 4.78 is 22.8. The molecule has 0 bridgehead atoms. The maximum absolute atomic E-state index is 12.5. The largest absolute Gasteiger partial charge is 0.325 e. The molecular formula is C15H22N2O3S. The molecule has 1 amide bonds. The number of primary sulfonamides is 1. The number of nitrogens with one attached hydrogen (secondary N) is 1. The Morgan fingerprint density at radius 3 is 2.43 bits per heavy atom. The lowest BCUT2D eigenvalue weighted by atomic mass is 9.75. The molecule has 0 spiro atoms. The van der Waals surface area contributed by atoms with Crippen molar-refractivity contribution < 1.29 is 13.2 Å². The molecule has 1 aliphatic rings. The van der Waals surface area contributed by atoms with Crippen LogP contribution in [-0.4, -0.2) is 14.3 Å². The van der Waals surface area contributed by atoms with E-state index >= 15 is 0 Å². The van der Waals surface area contributed by atoms with Crippen molar-refractivity contribution >= 4 is 21.6 Å². The first-order valence-corrected chi connectivity index (χ1v) is 8.72. The lowest BCUT2D eigenvalue weighted by Gasteiger charge is -2.32. The van der Waals surface area contributed by atoms with Crippen LogP contribution in [0.3, 0.4) is 0 Å². The summed E-state index contributed by atoms with van der Waals surface area (Å²) in [7, 11) is -3.77. The van der Waals surface area contributed by atoms with Gasteiger partial charge in [-0.2, -0.15) is 0 Å². The number of anilines is 1. The predicted molar refractivity (Wildman–Crippen MR) is 82.4 cm³/mol. The summed E-state index contributed by atoms with van der Waals surface area (Å²) >= 11 is 0. The predicted octanol–water partition coefficient (Wildman–Crippen LogP) is 2.55. The van der Waals surface area contributed by atoms with Crippen molar-refractivity contribution in [3.05, 3.63) is 23.8 Å². The number of benzene rings is 1. The van der Waals surface area contributed by atoms with Crippen LogP contribution in [0.1, 0.15) is 44.6 Å². The Morgan fingerprint density at radius 2 is 1.86 bits per heavy atom. The molecule has 0 radical (unpaired) electrons. The average molecular weight is 310 g/mol. The van der Waals surface area contributed by atoms with Crippen molar-refractivity contribution in [3.63, 3.8) is 0 Å². The van der Waals surface area contributed by atoms with E-state index in [0.29, 0.717) is 5.69 Å². The van der Waals surface area contributed by atoms with Crippen molar-refractivity contribution in [2.45, 2.75) is 50.8 Å². The van der Waals surface area contributed by atoms with Crippen LogP contribution >= 0.6 is 0 Å². The van der Waals surface area contributed by atoms with Gasteiger partial charge in [-0.25, -0.2) is 13.6 Å². The second kappa shape index (κ2) is 5.77. The molecule has 6 heteroatoms. The number of nitrogens with two attached hydrogens (primary N) is 1. The Morgan fingerprint density at radius 1 is 1.24 bits per heavy atom. The summed E-state index contributed by atoms with van der Waals surface area (Å²) in [5.41, 5.74) is 0.955. The highest BCUT2D eigenvalue weighted by atomic mass is 32.2. The number of rotatable bonds is 3. The number of sulfonamides is 1. The highest BCUT2D eigenvalue weighted by Crippen LogP contribution is 2.37. The number of hydrogen-bond donors (Lipinski definition) is 2. The second-order valence-corrected chi connectivity index (χ2v) is 7.66. The van der Waals surface area contributed by atoms with E-state index in [2.05, 4.69) is 5.32 Å². The third-order valence-electron chi connectivity index (χ3n) is 4.29. The average Bonchev–Trinajstić information content (AvgIpc) is 2.40. The fourth-order valence-corrected chi connectivity index (χ4v) is 3.28. The highest BCUT2D eigenvalue weighted by molar-refractivity contribution is 7.89. The van der Waals surface area contributed by atoms with Crippen molar-refractivity contribution in [3.8, 4) is 0 Å². The van der Waals surface area contributed by atoms with Gasteiger partial charge in [0.25, 0.3) is 0 Å². The van der Waals surface area contributed by atoms with E-state index in [1.165, 1.54) is 18.6 Å². The molecule has 3 N–H and O–H groups in total. The quantitative estimate of drug-likeness (QED) is 0.899. The molecule has 0 aliphatic heterocycles. The minimum Gasteiger partial charge on any atom is -0.325 e. The van der Waals surface area contributed by atoms with E-state index in [9.17, 15) is 13.2 Å². The van der Waals surface area contributed by atoms with Gasteiger partial charge in [0.15, 0.2) is 0 Å². The van der Waals surface area contributed by atoms with Crippen LogP contribution in [0.5, 0.6) is 0 Å². The van der Waals surface area contributed by atoms with Crippen molar-refractivity contribution in [2.24, 2.45) is 10.6 Å². The second-order valence-electron chi connectivity index (χ2n) is 6.10. The first-order valence-electron chi connectivity index (χ1n) is 7.17. The van der Waals surface area contributed by atoms with Crippen molar-refractivity contribution in [1.29, 1.82) is 0 Å². The zero-order chi connectivity index (χ0) is 15.7. The van der Waals surface area contributed by atoms with E-state index in [0.717, 1.165) is 31.2 Å². The van der Waals surface area contributed by atoms with E-state index in [-0.39, 0.29) is 16.2 Å². The van der Waals surface area contributed by atoms with Crippen LogP contribution in [0.25, 0.3) is 0 Å². The SMILES string of the molecule is Cc1ccc(S(N)(=O)=O)cc1NC(=O)C1(C)CCCCC1. The number of carbonyl (C=O) groups is 1. The summed E-state index contributed by atoms with van der Waals surface area (Å²) in [6, 6.07) is 4.52. The summed E-state index contributed by atoms with van der Waals surface area (Å²) in [6.45, 7) is 3.80. The summed E-state index contributed by atoms with van der Waals surface area (Å²) in [6.07, 6.45) is 5.02. The Kier molecular flexibility index (Phi) is 4.39. The summed E-state index contributed by atoms with van der Waals surface area (Å²) in [5, 5.41) is 8.01. The van der Waals surface area contributed by atoms with Crippen molar-refractivity contribution in [2.75, 3.05) is 5.32 Å². The molecule has 5 nitrogen and oxygen atoms in total. The molecule has 1 fully saturated rings. The zero-order valence-corrected chi connectivity index (χ0v) is 13.3. The molecule has 0 unspecified atom stereocenters. The third kappa shape index (κ3) is 3.63. The van der Waals surface area contributed by atoms with Gasteiger partial charge < -0.3 is 5.32 Å². The molecule has 1 aromatic carbocycles. The fraction of sp³-hybridized carbons (Fsp3) is 0.533. The van der Waals surface area contributed by atoms with Crippen LogP contribution in [0.2, 0.25) is 0 Å². The maximum atomic E-state index is 12.5. The first kappa shape index (κ1) is 16.0. The topological polar surface area (TPSA) is 89.3 Å². The first-order chi connectivity index (χ1) is 9.72. The molecule has 1 aliphatic carbocycles. The van der Waals surface area contributed by atoms with Gasteiger partial charge in [-0.3, -0.25) is 4.79 Å². The lowest BCUT2D eigenvalue weighted by molar-refractivity contribution is -0.126. The molecule has 0 atom stereocenters. The van der Waals surface area contributed by atoms with Gasteiger partial charge in [-0.1, -0.05) is 32.3 Å². The Hall–Kier alpha value is -1.40. The van der Waals surface area contributed by atoms with Gasteiger partial charge in [0, 0.05) is 11.1 Å². The summed E-state index contributed by atoms with van der Waals surface area (Å²) in [5.74, 6) is -0.0446. The zero-order valence-electron chi connectivity index (χ0n) is 12.5. The smallest absolute Gasteiger partial charge is 0.238 e. The molecule has 0 saturated heterocycles. The van der Waals surface area contributed by atoms with Gasteiger partial charge in [0.05, 0.1) is 4.90 Å². The monoisotopic (exact) mass is 310 g/mol. The standard InChI is InChI=1S/C15H22N2O3S/c1-11-6-7-12(21(16,19)20)10-13(11)17-14(18)15(2)8-4-3-5-9-15/h6-7,10H,3-5,8-9H2,1-2H3,(H,17,18)(H2,16,19,20). The number of carbonyl (C=O) groups excluding carboxylic acids is 1. The van der Waals surface area contributed by atoms with E-state index in [1.54, 1.807) is 6.07 Å². The highest BCUT2D eigenvalue weighted by Gasteiger charge is 2.34. The number of aryl methyl sites for hydroxylation is 1. The van der Waals surface area contributed by atoms with E-state index in [4.69, 9.17) is 5.14 Å². The van der Waals surface area contributed by atoms with Crippen LogP contribution in [0, 0.1) is 12.3 Å². The van der Waals surface area contributed by atoms with Crippen LogP contribution < -0.4 is 10.5 Å². The van der Waals surface area contributed by atoms with E-state index in [1.807, 2.05) is 13.8 Å². The van der Waals surface area contributed by atoms with Gasteiger partial charge in [0.2, 0.25) is 15.9 Å². The molecule has 1 saturated carbocycles. The molecule has 0 heterocycles. The van der Waals surface area contributed by atoms with Crippen LogP contribution in [0.4, 0.5) is 5.69 Å². The molecule has 1 aromatic rings. The number of amides is 1. The number of hydrogen-bond acceptors (Lipinski definition) is 3. The Balaban J connectivity index is 2.24. The normalized spacial score (nSPS) is 18.2. The third-order valence-corrected chi connectivity index (χ3v) is 5.20.